The monoisotopic (exact) mass is 298 g/mol. The summed E-state index contributed by atoms with van der Waals surface area (Å²) < 4.78 is 5.20. The number of nitrogens with one attached hydrogen (secondary N) is 1. The van der Waals surface area contributed by atoms with Gasteiger partial charge in [0.2, 0.25) is 5.91 Å². The number of hydrogen-bond donors (Lipinski definition) is 1. The molecule has 1 fully saturated rings. The Kier molecular flexibility index (Phi) is 5.84. The summed E-state index contributed by atoms with van der Waals surface area (Å²) in [5.41, 5.74) is 0.831. The van der Waals surface area contributed by atoms with Crippen molar-refractivity contribution < 1.29 is 9.53 Å². The second-order valence-corrected chi connectivity index (χ2v) is 5.50. The minimum atomic E-state index is -0.256. The van der Waals surface area contributed by atoms with Crippen molar-refractivity contribution in [2.24, 2.45) is 5.41 Å². The van der Waals surface area contributed by atoms with Crippen LogP contribution in [0.25, 0.3) is 0 Å². The molecule has 1 amide bonds. The standard InChI is InChI=1S/C15H22N2O2.ClH/c1-15(7-8-16-11-15)14(18)17(2)10-12-5-4-6-13(9-12)19-3;/h4-6,9,16H,7-8,10-11H2,1-3H3;1H. The van der Waals surface area contributed by atoms with E-state index in [4.69, 9.17) is 4.74 Å². The van der Waals surface area contributed by atoms with Crippen LogP contribution in [0, 0.1) is 5.41 Å². The van der Waals surface area contributed by atoms with Gasteiger partial charge in [0.1, 0.15) is 5.75 Å². The summed E-state index contributed by atoms with van der Waals surface area (Å²) in [6.45, 7) is 4.35. The van der Waals surface area contributed by atoms with Gasteiger partial charge >= 0.3 is 0 Å². The summed E-state index contributed by atoms with van der Waals surface area (Å²) in [7, 11) is 3.52. The van der Waals surface area contributed by atoms with E-state index in [2.05, 4.69) is 5.32 Å². The Hall–Kier alpha value is -1.26. The molecule has 1 aromatic rings. The predicted octanol–water partition coefficient (Wildman–Crippen LogP) is 2.07. The fraction of sp³-hybridized carbons (Fsp3) is 0.533. The molecule has 1 aliphatic heterocycles. The van der Waals surface area contributed by atoms with Crippen LogP contribution in [-0.2, 0) is 11.3 Å². The fourth-order valence-corrected chi connectivity index (χ4v) is 2.58. The van der Waals surface area contributed by atoms with Crippen LogP contribution in [0.2, 0.25) is 0 Å². The van der Waals surface area contributed by atoms with Gasteiger partial charge in [0.05, 0.1) is 12.5 Å². The van der Waals surface area contributed by atoms with Crippen molar-refractivity contribution in [3.8, 4) is 5.75 Å². The first-order valence-corrected chi connectivity index (χ1v) is 6.64. The van der Waals surface area contributed by atoms with Crippen LogP contribution in [0.3, 0.4) is 0 Å². The summed E-state index contributed by atoms with van der Waals surface area (Å²) in [6.07, 6.45) is 0.911. The van der Waals surface area contributed by atoms with Crippen molar-refractivity contribution in [3.05, 3.63) is 29.8 Å². The molecule has 1 aliphatic rings. The molecule has 1 N–H and O–H groups in total. The van der Waals surface area contributed by atoms with Gasteiger partial charge in [-0.05, 0) is 37.6 Å². The Bertz CT molecular complexity index is 459. The first-order valence-electron chi connectivity index (χ1n) is 6.64. The first-order chi connectivity index (χ1) is 9.05. The zero-order valence-corrected chi connectivity index (χ0v) is 13.1. The maximum atomic E-state index is 12.5. The molecule has 0 spiro atoms. The van der Waals surface area contributed by atoms with Gasteiger partial charge in [-0.1, -0.05) is 12.1 Å². The van der Waals surface area contributed by atoms with Crippen LogP contribution in [-0.4, -0.2) is 38.1 Å². The van der Waals surface area contributed by atoms with Crippen molar-refractivity contribution in [1.29, 1.82) is 0 Å². The van der Waals surface area contributed by atoms with Crippen molar-refractivity contribution in [1.82, 2.24) is 10.2 Å². The number of carbonyl (C=O) groups is 1. The molecule has 0 radical (unpaired) electrons. The van der Waals surface area contributed by atoms with Gasteiger partial charge in [-0.3, -0.25) is 4.79 Å². The highest BCUT2D eigenvalue weighted by atomic mass is 35.5. The number of amides is 1. The lowest BCUT2D eigenvalue weighted by Crippen LogP contribution is -2.41. The van der Waals surface area contributed by atoms with Gasteiger partial charge in [0, 0.05) is 20.1 Å². The maximum absolute atomic E-state index is 12.5. The maximum Gasteiger partial charge on any atom is 0.229 e. The third-order valence-electron chi connectivity index (χ3n) is 3.79. The second kappa shape index (κ2) is 6.95. The van der Waals surface area contributed by atoms with Crippen LogP contribution < -0.4 is 10.1 Å². The van der Waals surface area contributed by atoms with Gasteiger partial charge < -0.3 is 15.0 Å². The molecule has 1 heterocycles. The summed E-state index contributed by atoms with van der Waals surface area (Å²) in [4.78, 5) is 14.3. The number of rotatable bonds is 4. The van der Waals surface area contributed by atoms with E-state index in [1.165, 1.54) is 0 Å². The lowest BCUT2D eigenvalue weighted by Gasteiger charge is -2.28. The van der Waals surface area contributed by atoms with E-state index in [-0.39, 0.29) is 23.7 Å². The molecule has 20 heavy (non-hydrogen) atoms. The number of halogens is 1. The lowest BCUT2D eigenvalue weighted by molar-refractivity contribution is -0.139. The van der Waals surface area contributed by atoms with Crippen molar-refractivity contribution >= 4 is 18.3 Å². The van der Waals surface area contributed by atoms with Crippen molar-refractivity contribution in [2.75, 3.05) is 27.2 Å². The fourth-order valence-electron chi connectivity index (χ4n) is 2.58. The average Bonchev–Trinajstić information content (AvgIpc) is 2.86. The molecule has 0 bridgehead atoms. The SMILES string of the molecule is COc1cccc(CN(C)C(=O)C2(C)CCNC2)c1.Cl. The van der Waals surface area contributed by atoms with Crippen molar-refractivity contribution in [3.63, 3.8) is 0 Å². The molecule has 4 nitrogen and oxygen atoms in total. The Morgan fingerprint density at radius 2 is 2.25 bits per heavy atom. The van der Waals surface area contributed by atoms with Crippen LogP contribution in [0.5, 0.6) is 5.75 Å². The Morgan fingerprint density at radius 3 is 2.85 bits per heavy atom. The van der Waals surface area contributed by atoms with Crippen LogP contribution in [0.1, 0.15) is 18.9 Å². The minimum Gasteiger partial charge on any atom is -0.497 e. The molecule has 0 saturated carbocycles. The summed E-state index contributed by atoms with van der Waals surface area (Å²) in [5, 5.41) is 3.26. The molecule has 0 aromatic heterocycles. The van der Waals surface area contributed by atoms with Crippen LogP contribution >= 0.6 is 12.4 Å². The third kappa shape index (κ3) is 3.64. The molecule has 1 saturated heterocycles. The van der Waals surface area contributed by atoms with Gasteiger partial charge in [-0.2, -0.15) is 0 Å². The summed E-state index contributed by atoms with van der Waals surface area (Å²) in [5.74, 6) is 1.03. The Morgan fingerprint density at radius 1 is 1.50 bits per heavy atom. The zero-order chi connectivity index (χ0) is 13.9. The van der Waals surface area contributed by atoms with E-state index in [0.29, 0.717) is 6.54 Å². The van der Waals surface area contributed by atoms with E-state index >= 15 is 0 Å². The third-order valence-corrected chi connectivity index (χ3v) is 3.79. The molecule has 112 valence electrons. The van der Waals surface area contributed by atoms with Gasteiger partial charge in [-0.25, -0.2) is 0 Å². The zero-order valence-electron chi connectivity index (χ0n) is 12.3. The molecule has 2 rings (SSSR count). The van der Waals surface area contributed by atoms with Crippen LogP contribution in [0.15, 0.2) is 24.3 Å². The number of methoxy groups -OCH3 is 1. The Labute approximate surface area is 126 Å². The topological polar surface area (TPSA) is 41.6 Å². The smallest absolute Gasteiger partial charge is 0.229 e. The van der Waals surface area contributed by atoms with Gasteiger partial charge in [0.15, 0.2) is 0 Å². The Balaban J connectivity index is 0.00000200. The molecule has 0 aliphatic carbocycles. The molecule has 5 heteroatoms. The summed E-state index contributed by atoms with van der Waals surface area (Å²) >= 11 is 0. The number of ether oxygens (including phenoxy) is 1. The summed E-state index contributed by atoms with van der Waals surface area (Å²) in [6, 6.07) is 7.85. The lowest BCUT2D eigenvalue weighted by atomic mass is 9.88. The average molecular weight is 299 g/mol. The molecule has 1 aromatic carbocycles. The van der Waals surface area contributed by atoms with E-state index in [1.54, 1.807) is 7.11 Å². The number of benzene rings is 1. The molecular weight excluding hydrogens is 276 g/mol. The van der Waals surface area contributed by atoms with E-state index in [9.17, 15) is 4.79 Å². The largest absolute Gasteiger partial charge is 0.497 e. The first kappa shape index (κ1) is 16.8. The quantitative estimate of drug-likeness (QED) is 0.925. The van der Waals surface area contributed by atoms with E-state index in [1.807, 2.05) is 43.1 Å². The van der Waals surface area contributed by atoms with Gasteiger partial charge in [-0.15, -0.1) is 12.4 Å². The highest BCUT2D eigenvalue weighted by molar-refractivity contribution is 5.85. The van der Waals surface area contributed by atoms with E-state index < -0.39 is 0 Å². The van der Waals surface area contributed by atoms with Gasteiger partial charge in [0.25, 0.3) is 0 Å². The minimum absolute atomic E-state index is 0. The van der Waals surface area contributed by atoms with Crippen LogP contribution in [0.4, 0.5) is 0 Å². The predicted molar refractivity (Wildman–Crippen MR) is 82.3 cm³/mol. The van der Waals surface area contributed by atoms with Crippen molar-refractivity contribution in [2.45, 2.75) is 19.9 Å². The number of carbonyl (C=O) groups excluding carboxylic acids is 1. The molecule has 1 unspecified atom stereocenters. The second-order valence-electron chi connectivity index (χ2n) is 5.50. The number of hydrogen-bond acceptors (Lipinski definition) is 3. The highest BCUT2D eigenvalue weighted by Gasteiger charge is 2.38. The molecule has 1 atom stereocenters. The van der Waals surface area contributed by atoms with E-state index in [0.717, 1.165) is 30.8 Å². The normalized spacial score (nSPS) is 21.1. The number of nitrogens with zero attached hydrogens (tertiary/aromatic N) is 1. The molecular formula is C15H23ClN2O2. The highest BCUT2D eigenvalue weighted by Crippen LogP contribution is 2.27.